The maximum absolute atomic E-state index is 13.5. The van der Waals surface area contributed by atoms with Crippen LogP contribution in [0.2, 0.25) is 0 Å². The van der Waals surface area contributed by atoms with E-state index in [1.54, 1.807) is 23.0 Å². The van der Waals surface area contributed by atoms with Gasteiger partial charge in [-0.3, -0.25) is 0 Å². The molecule has 2 N–H and O–H groups in total. The molecule has 0 spiro atoms. The number of aromatic nitrogens is 2. The Morgan fingerprint density at radius 3 is 2.88 bits per heavy atom. The minimum atomic E-state index is -0.831. The molecule has 0 amide bonds. The number of nitrogens with two attached hydrogens (primary N) is 1. The summed E-state index contributed by atoms with van der Waals surface area (Å²) in [5.74, 6) is -0.862. The number of nitrogens with zero attached hydrogens (tertiary/aromatic N) is 2. The van der Waals surface area contributed by atoms with Gasteiger partial charge in [0.25, 0.3) is 0 Å². The molecule has 1 aromatic carbocycles. The van der Waals surface area contributed by atoms with Crippen LogP contribution in [0.1, 0.15) is 11.4 Å². The van der Waals surface area contributed by atoms with Crippen LogP contribution in [0.15, 0.2) is 30.6 Å². The van der Waals surface area contributed by atoms with Crippen molar-refractivity contribution in [3.63, 3.8) is 0 Å². The zero-order valence-corrected chi connectivity index (χ0v) is 9.24. The second-order valence-electron chi connectivity index (χ2n) is 3.72. The highest BCUT2D eigenvalue weighted by atomic mass is 19.2. The van der Waals surface area contributed by atoms with Crippen LogP contribution >= 0.6 is 0 Å². The standard InChI is InChI=1S/C12H13F2N3/c13-10-3-1-2-9(12(10)14)8-17-7-6-16-11(17)4-5-15/h1-3,6-7H,4-5,8,15H2. The Labute approximate surface area is 97.9 Å². The van der Waals surface area contributed by atoms with Gasteiger partial charge in [-0.1, -0.05) is 12.1 Å². The first-order valence-corrected chi connectivity index (χ1v) is 5.35. The number of benzene rings is 1. The molecule has 0 radical (unpaired) electrons. The van der Waals surface area contributed by atoms with Crippen LogP contribution in [0.25, 0.3) is 0 Å². The molecule has 0 aliphatic rings. The van der Waals surface area contributed by atoms with Gasteiger partial charge in [-0.2, -0.15) is 0 Å². The predicted molar refractivity (Wildman–Crippen MR) is 60.4 cm³/mol. The normalized spacial score (nSPS) is 10.8. The highest BCUT2D eigenvalue weighted by Gasteiger charge is 2.09. The molecule has 1 heterocycles. The molecule has 5 heteroatoms. The van der Waals surface area contributed by atoms with E-state index in [4.69, 9.17) is 5.73 Å². The van der Waals surface area contributed by atoms with E-state index in [2.05, 4.69) is 4.98 Å². The van der Waals surface area contributed by atoms with Crippen molar-refractivity contribution in [3.05, 3.63) is 53.6 Å². The molecule has 1 aromatic heterocycles. The van der Waals surface area contributed by atoms with E-state index >= 15 is 0 Å². The third-order valence-corrected chi connectivity index (χ3v) is 2.54. The zero-order valence-electron chi connectivity index (χ0n) is 9.24. The highest BCUT2D eigenvalue weighted by Crippen LogP contribution is 2.13. The number of halogens is 2. The van der Waals surface area contributed by atoms with Gasteiger partial charge in [0.1, 0.15) is 5.82 Å². The summed E-state index contributed by atoms with van der Waals surface area (Å²) in [6.07, 6.45) is 3.97. The van der Waals surface area contributed by atoms with Crippen molar-refractivity contribution < 1.29 is 8.78 Å². The Morgan fingerprint density at radius 2 is 2.12 bits per heavy atom. The van der Waals surface area contributed by atoms with E-state index in [1.807, 2.05) is 0 Å². The Balaban J connectivity index is 2.25. The highest BCUT2D eigenvalue weighted by molar-refractivity contribution is 5.19. The molecule has 0 aliphatic carbocycles. The van der Waals surface area contributed by atoms with E-state index in [1.165, 1.54) is 6.07 Å². The lowest BCUT2D eigenvalue weighted by Gasteiger charge is -2.08. The monoisotopic (exact) mass is 237 g/mol. The van der Waals surface area contributed by atoms with Crippen LogP contribution in [0, 0.1) is 11.6 Å². The zero-order chi connectivity index (χ0) is 12.3. The van der Waals surface area contributed by atoms with Crippen LogP contribution in [-0.4, -0.2) is 16.1 Å². The third kappa shape index (κ3) is 2.50. The molecule has 0 unspecified atom stereocenters. The fraction of sp³-hybridized carbons (Fsp3) is 0.250. The molecule has 3 nitrogen and oxygen atoms in total. The minimum absolute atomic E-state index is 0.263. The average Bonchev–Trinajstić information content (AvgIpc) is 2.73. The van der Waals surface area contributed by atoms with E-state index < -0.39 is 11.6 Å². The van der Waals surface area contributed by atoms with Crippen molar-refractivity contribution in [2.24, 2.45) is 5.73 Å². The van der Waals surface area contributed by atoms with Gasteiger partial charge < -0.3 is 10.3 Å². The number of hydrogen-bond acceptors (Lipinski definition) is 2. The van der Waals surface area contributed by atoms with Crippen molar-refractivity contribution in [2.75, 3.05) is 6.54 Å². The van der Waals surface area contributed by atoms with Gasteiger partial charge >= 0.3 is 0 Å². The molecule has 0 bridgehead atoms. The van der Waals surface area contributed by atoms with E-state index in [0.717, 1.165) is 11.9 Å². The van der Waals surface area contributed by atoms with Gasteiger partial charge in [-0.05, 0) is 12.6 Å². The second-order valence-corrected chi connectivity index (χ2v) is 3.72. The summed E-state index contributed by atoms with van der Waals surface area (Å²) in [7, 11) is 0. The molecular formula is C12H13F2N3. The Hall–Kier alpha value is -1.75. The summed E-state index contributed by atoms with van der Waals surface area (Å²) in [6.45, 7) is 0.738. The van der Waals surface area contributed by atoms with Crippen molar-refractivity contribution >= 4 is 0 Å². The number of hydrogen-bond donors (Lipinski definition) is 1. The van der Waals surface area contributed by atoms with Crippen LogP contribution in [0.5, 0.6) is 0 Å². The number of imidazole rings is 1. The van der Waals surface area contributed by atoms with Crippen LogP contribution in [0.3, 0.4) is 0 Å². The molecule has 0 saturated carbocycles. The van der Waals surface area contributed by atoms with E-state index in [9.17, 15) is 8.78 Å². The smallest absolute Gasteiger partial charge is 0.163 e. The largest absolute Gasteiger partial charge is 0.330 e. The summed E-state index contributed by atoms with van der Waals surface area (Å²) in [5, 5.41) is 0. The Kier molecular flexibility index (Phi) is 3.49. The summed E-state index contributed by atoms with van der Waals surface area (Å²) >= 11 is 0. The molecule has 0 aliphatic heterocycles. The second kappa shape index (κ2) is 5.05. The third-order valence-electron chi connectivity index (χ3n) is 2.54. The fourth-order valence-corrected chi connectivity index (χ4v) is 1.70. The fourth-order valence-electron chi connectivity index (χ4n) is 1.70. The summed E-state index contributed by atoms with van der Waals surface area (Å²) in [5.41, 5.74) is 5.76. The van der Waals surface area contributed by atoms with Crippen LogP contribution in [0.4, 0.5) is 8.78 Å². The molecule has 2 aromatic rings. The molecule has 0 saturated heterocycles. The first kappa shape index (κ1) is 11.7. The molecule has 0 fully saturated rings. The molecule has 0 atom stereocenters. The number of rotatable bonds is 4. The van der Waals surface area contributed by atoms with Crippen molar-refractivity contribution in [1.82, 2.24) is 9.55 Å². The lowest BCUT2D eigenvalue weighted by Crippen LogP contribution is -2.11. The van der Waals surface area contributed by atoms with Gasteiger partial charge in [0.05, 0.1) is 6.54 Å². The quantitative estimate of drug-likeness (QED) is 0.879. The lowest BCUT2D eigenvalue weighted by atomic mass is 10.2. The van der Waals surface area contributed by atoms with Gasteiger partial charge in [0.2, 0.25) is 0 Å². The Bertz CT molecular complexity index is 508. The summed E-state index contributed by atoms with van der Waals surface area (Å²) in [4.78, 5) is 4.12. The SMILES string of the molecule is NCCc1nccn1Cc1cccc(F)c1F. The minimum Gasteiger partial charge on any atom is -0.330 e. The van der Waals surface area contributed by atoms with Gasteiger partial charge in [-0.15, -0.1) is 0 Å². The van der Waals surface area contributed by atoms with Crippen molar-refractivity contribution in [3.8, 4) is 0 Å². The maximum Gasteiger partial charge on any atom is 0.163 e. The molecular weight excluding hydrogens is 224 g/mol. The predicted octanol–water partition coefficient (Wildman–Crippen LogP) is 1.71. The van der Waals surface area contributed by atoms with Crippen molar-refractivity contribution in [1.29, 1.82) is 0 Å². The lowest BCUT2D eigenvalue weighted by molar-refractivity contribution is 0.494. The average molecular weight is 237 g/mol. The topological polar surface area (TPSA) is 43.8 Å². The summed E-state index contributed by atoms with van der Waals surface area (Å²) in [6, 6.07) is 4.16. The van der Waals surface area contributed by atoms with Gasteiger partial charge in [0.15, 0.2) is 11.6 Å². The molecule has 90 valence electrons. The van der Waals surface area contributed by atoms with E-state index in [-0.39, 0.29) is 6.54 Å². The van der Waals surface area contributed by atoms with E-state index in [0.29, 0.717) is 18.5 Å². The first-order valence-electron chi connectivity index (χ1n) is 5.35. The first-order chi connectivity index (χ1) is 8.22. The maximum atomic E-state index is 13.5. The van der Waals surface area contributed by atoms with Gasteiger partial charge in [-0.25, -0.2) is 13.8 Å². The molecule has 2 rings (SSSR count). The molecule has 17 heavy (non-hydrogen) atoms. The van der Waals surface area contributed by atoms with Gasteiger partial charge in [0, 0.05) is 24.4 Å². The van der Waals surface area contributed by atoms with Crippen LogP contribution in [-0.2, 0) is 13.0 Å². The van der Waals surface area contributed by atoms with Crippen molar-refractivity contribution in [2.45, 2.75) is 13.0 Å². The Morgan fingerprint density at radius 1 is 1.29 bits per heavy atom. The van der Waals surface area contributed by atoms with Crippen LogP contribution < -0.4 is 5.73 Å². The summed E-state index contributed by atoms with van der Waals surface area (Å²) < 4.78 is 28.3.